The van der Waals surface area contributed by atoms with E-state index in [0.29, 0.717) is 0 Å². The van der Waals surface area contributed by atoms with Crippen LogP contribution in [0.4, 0.5) is 0 Å². The molecule has 0 aromatic rings. The predicted molar refractivity (Wildman–Crippen MR) is 42.2 cm³/mol. The monoisotopic (exact) mass is 142 g/mol. The van der Waals surface area contributed by atoms with E-state index in [-0.39, 0.29) is 6.04 Å². The van der Waals surface area contributed by atoms with Gasteiger partial charge in [-0.25, -0.2) is 0 Å². The Kier molecular flexibility index (Phi) is 4.45. The van der Waals surface area contributed by atoms with Crippen LogP contribution in [0.25, 0.3) is 0 Å². The molecule has 0 saturated carbocycles. The van der Waals surface area contributed by atoms with Gasteiger partial charge in [0.2, 0.25) is 0 Å². The maximum atomic E-state index is 3.80. The number of hydrogen-bond donors (Lipinski definition) is 0. The van der Waals surface area contributed by atoms with Crippen LogP contribution in [0.3, 0.4) is 0 Å². The van der Waals surface area contributed by atoms with Gasteiger partial charge in [-0.2, -0.15) is 5.11 Å². The summed E-state index contributed by atoms with van der Waals surface area (Å²) in [6.45, 7) is 3.91. The van der Waals surface area contributed by atoms with Gasteiger partial charge in [0.25, 0.3) is 0 Å². The second-order valence-corrected chi connectivity index (χ2v) is 2.49. The van der Waals surface area contributed by atoms with Gasteiger partial charge in [0.15, 0.2) is 0 Å². The smallest absolute Gasteiger partial charge is 0.115 e. The minimum atomic E-state index is 0.222. The van der Waals surface area contributed by atoms with Gasteiger partial charge in [-0.3, -0.25) is 0 Å². The van der Waals surface area contributed by atoms with E-state index in [1.807, 2.05) is 27.9 Å². The fourth-order valence-electron chi connectivity index (χ4n) is 0.259. The van der Waals surface area contributed by atoms with Crippen molar-refractivity contribution >= 4 is 6.34 Å². The van der Waals surface area contributed by atoms with Crippen LogP contribution in [0.2, 0.25) is 0 Å². The van der Waals surface area contributed by atoms with Crippen LogP contribution in [0.15, 0.2) is 15.4 Å². The Morgan fingerprint density at radius 1 is 1.30 bits per heavy atom. The van der Waals surface area contributed by atoms with Crippen molar-refractivity contribution in [2.24, 2.45) is 15.4 Å². The summed E-state index contributed by atoms with van der Waals surface area (Å²) in [5.74, 6) is 0. The van der Waals surface area contributed by atoms with Gasteiger partial charge in [-0.05, 0) is 19.1 Å². The van der Waals surface area contributed by atoms with Crippen LogP contribution in [0.1, 0.15) is 13.8 Å². The summed E-state index contributed by atoms with van der Waals surface area (Å²) in [6, 6.07) is 0.222. The molecular formula is C6H14N4. The van der Waals surface area contributed by atoms with Crippen molar-refractivity contribution in [2.45, 2.75) is 19.9 Å². The Morgan fingerprint density at radius 2 is 1.90 bits per heavy atom. The zero-order chi connectivity index (χ0) is 7.98. The van der Waals surface area contributed by atoms with Crippen molar-refractivity contribution in [1.82, 2.24) is 4.90 Å². The van der Waals surface area contributed by atoms with E-state index >= 15 is 0 Å². The Hall–Kier alpha value is -0.930. The molecule has 0 unspecified atom stereocenters. The third-order valence-corrected chi connectivity index (χ3v) is 0.617. The lowest BCUT2D eigenvalue weighted by atomic mass is 10.4. The van der Waals surface area contributed by atoms with E-state index in [0.717, 1.165) is 0 Å². The lowest BCUT2D eigenvalue weighted by Crippen LogP contribution is -2.06. The van der Waals surface area contributed by atoms with Crippen molar-refractivity contribution in [2.75, 3.05) is 14.1 Å². The van der Waals surface area contributed by atoms with Gasteiger partial charge in [-0.15, -0.1) is 5.10 Å². The van der Waals surface area contributed by atoms with E-state index < -0.39 is 0 Å². The second kappa shape index (κ2) is 4.90. The zero-order valence-electron chi connectivity index (χ0n) is 6.94. The highest BCUT2D eigenvalue weighted by atomic mass is 15.4. The van der Waals surface area contributed by atoms with E-state index in [1.54, 1.807) is 11.2 Å². The average molecular weight is 142 g/mol. The molecule has 0 fully saturated rings. The molecule has 0 aliphatic heterocycles. The van der Waals surface area contributed by atoms with Crippen molar-refractivity contribution in [3.05, 3.63) is 0 Å². The van der Waals surface area contributed by atoms with E-state index in [4.69, 9.17) is 0 Å². The molecular weight excluding hydrogens is 128 g/mol. The molecule has 58 valence electrons. The fraction of sp³-hybridized carbons (Fsp3) is 0.833. The molecule has 0 aromatic carbocycles. The first-order chi connectivity index (χ1) is 4.63. The summed E-state index contributed by atoms with van der Waals surface area (Å²) in [5, 5.41) is 11.0. The molecule has 4 heteroatoms. The largest absolute Gasteiger partial charge is 0.367 e. The summed E-state index contributed by atoms with van der Waals surface area (Å²) in [7, 11) is 3.77. The maximum Gasteiger partial charge on any atom is 0.115 e. The quantitative estimate of drug-likeness (QED) is 0.254. The van der Waals surface area contributed by atoms with E-state index in [1.165, 1.54) is 0 Å². The molecule has 0 atom stereocenters. The molecule has 0 amide bonds. The van der Waals surface area contributed by atoms with Crippen LogP contribution >= 0.6 is 0 Å². The Labute approximate surface area is 61.6 Å². The average Bonchev–Trinajstić information content (AvgIpc) is 1.79. The minimum absolute atomic E-state index is 0.222. The number of rotatable bonds is 3. The summed E-state index contributed by atoms with van der Waals surface area (Å²) < 4.78 is 0. The van der Waals surface area contributed by atoms with Crippen LogP contribution < -0.4 is 0 Å². The van der Waals surface area contributed by atoms with Crippen molar-refractivity contribution < 1.29 is 0 Å². The molecule has 0 spiro atoms. The topological polar surface area (TPSA) is 40.3 Å². The summed E-state index contributed by atoms with van der Waals surface area (Å²) >= 11 is 0. The lowest BCUT2D eigenvalue weighted by molar-refractivity contribution is 0.635. The first kappa shape index (κ1) is 9.07. The van der Waals surface area contributed by atoms with Crippen LogP contribution in [0, 0.1) is 0 Å². The fourth-order valence-corrected chi connectivity index (χ4v) is 0.259. The first-order valence-electron chi connectivity index (χ1n) is 3.22. The van der Waals surface area contributed by atoms with Gasteiger partial charge < -0.3 is 4.90 Å². The van der Waals surface area contributed by atoms with Gasteiger partial charge >= 0.3 is 0 Å². The van der Waals surface area contributed by atoms with Crippen molar-refractivity contribution in [1.29, 1.82) is 0 Å². The van der Waals surface area contributed by atoms with E-state index in [9.17, 15) is 0 Å². The molecule has 0 rings (SSSR count). The number of nitrogens with zero attached hydrogens (tertiary/aromatic N) is 4. The lowest BCUT2D eigenvalue weighted by Gasteiger charge is -1.98. The molecule has 0 radical (unpaired) electrons. The highest BCUT2D eigenvalue weighted by molar-refractivity contribution is 5.53. The minimum Gasteiger partial charge on any atom is -0.367 e. The van der Waals surface area contributed by atoms with Gasteiger partial charge in [0, 0.05) is 14.1 Å². The zero-order valence-corrected chi connectivity index (χ0v) is 6.94. The predicted octanol–water partition coefficient (Wildman–Crippen LogP) is 1.35. The Morgan fingerprint density at radius 3 is 2.30 bits per heavy atom. The third kappa shape index (κ3) is 7.07. The number of hydrogen-bond acceptors (Lipinski definition) is 2. The molecule has 0 aliphatic rings. The highest BCUT2D eigenvalue weighted by Crippen LogP contribution is 1.86. The van der Waals surface area contributed by atoms with Gasteiger partial charge in [0.1, 0.15) is 6.34 Å². The van der Waals surface area contributed by atoms with Gasteiger partial charge in [0.05, 0.1) is 6.04 Å². The molecule has 0 N–H and O–H groups in total. The van der Waals surface area contributed by atoms with Crippen LogP contribution in [-0.4, -0.2) is 31.4 Å². The first-order valence-corrected chi connectivity index (χ1v) is 3.22. The molecule has 0 aliphatic carbocycles. The second-order valence-electron chi connectivity index (χ2n) is 2.49. The molecule has 0 bridgehead atoms. The highest BCUT2D eigenvalue weighted by Gasteiger charge is 1.82. The normalized spacial score (nSPS) is 12.1. The standard InChI is InChI=1S/C6H14N4/c1-6(2)8-9-7-5-10(3)4/h5-6H,1-4H3. The van der Waals surface area contributed by atoms with E-state index in [2.05, 4.69) is 15.4 Å². The van der Waals surface area contributed by atoms with Gasteiger partial charge in [-0.1, -0.05) is 0 Å². The molecule has 0 heterocycles. The molecule has 4 nitrogen and oxygen atoms in total. The van der Waals surface area contributed by atoms with Crippen LogP contribution in [0.5, 0.6) is 0 Å². The maximum absolute atomic E-state index is 3.80. The summed E-state index contributed by atoms with van der Waals surface area (Å²) in [4.78, 5) is 1.80. The van der Waals surface area contributed by atoms with Crippen molar-refractivity contribution in [3.63, 3.8) is 0 Å². The van der Waals surface area contributed by atoms with Crippen LogP contribution in [-0.2, 0) is 0 Å². The van der Waals surface area contributed by atoms with Crippen molar-refractivity contribution in [3.8, 4) is 0 Å². The SMILES string of the molecule is CC(C)N=NN=CN(C)C. The summed E-state index contributed by atoms with van der Waals surface area (Å²) in [6.07, 6.45) is 1.60. The Bertz CT molecular complexity index is 110. The Balaban J connectivity index is 3.52. The molecule has 10 heavy (non-hydrogen) atoms. The summed E-state index contributed by atoms with van der Waals surface area (Å²) in [5.41, 5.74) is 0. The third-order valence-electron chi connectivity index (χ3n) is 0.617. The molecule has 0 saturated heterocycles. The molecule has 0 aromatic heterocycles.